The third-order valence-electron chi connectivity index (χ3n) is 3.39. The molecular formula is C18H19Cl2NO2S. The zero-order valence-electron chi connectivity index (χ0n) is 13.3. The maximum atomic E-state index is 12.2. The van der Waals surface area contributed by atoms with Gasteiger partial charge in [0, 0.05) is 35.2 Å². The number of carbonyl (C=O) groups excluding carboxylic acids is 1. The minimum atomic E-state index is -0.582. The zero-order valence-corrected chi connectivity index (χ0v) is 15.6. The second-order valence-electron chi connectivity index (χ2n) is 5.11. The third kappa shape index (κ3) is 5.71. The molecule has 2 rings (SSSR count). The highest BCUT2D eigenvalue weighted by Crippen LogP contribution is 2.24. The van der Waals surface area contributed by atoms with Crippen LogP contribution in [0.2, 0.25) is 10.0 Å². The third-order valence-corrected chi connectivity index (χ3v) is 4.99. The molecule has 2 aromatic carbocycles. The van der Waals surface area contributed by atoms with Crippen LogP contribution in [0.5, 0.6) is 0 Å². The van der Waals surface area contributed by atoms with Gasteiger partial charge in [0.05, 0.1) is 0 Å². The number of nitrogens with one attached hydrogen (secondary N) is 1. The van der Waals surface area contributed by atoms with E-state index in [4.69, 9.17) is 27.9 Å². The largest absolute Gasteiger partial charge is 0.367 e. The van der Waals surface area contributed by atoms with E-state index in [-0.39, 0.29) is 5.91 Å². The molecule has 1 atom stereocenters. The highest BCUT2D eigenvalue weighted by molar-refractivity contribution is 7.98. The van der Waals surface area contributed by atoms with E-state index < -0.39 is 6.10 Å². The van der Waals surface area contributed by atoms with Crippen molar-refractivity contribution in [2.75, 3.05) is 19.4 Å². The molecule has 24 heavy (non-hydrogen) atoms. The fourth-order valence-electron chi connectivity index (χ4n) is 2.18. The summed E-state index contributed by atoms with van der Waals surface area (Å²) in [6, 6.07) is 14.9. The molecule has 0 bridgehead atoms. The lowest BCUT2D eigenvalue weighted by atomic mass is 10.1. The molecule has 1 N–H and O–H groups in total. The first-order valence-electron chi connectivity index (χ1n) is 7.49. The van der Waals surface area contributed by atoms with Crippen LogP contribution in [0.15, 0.2) is 48.5 Å². The van der Waals surface area contributed by atoms with Gasteiger partial charge >= 0.3 is 0 Å². The normalized spacial score (nSPS) is 12.0. The van der Waals surface area contributed by atoms with Crippen LogP contribution in [0.1, 0.15) is 17.2 Å². The molecule has 0 unspecified atom stereocenters. The fourth-order valence-corrected chi connectivity index (χ4v) is 3.60. The van der Waals surface area contributed by atoms with Crippen molar-refractivity contribution in [3.63, 3.8) is 0 Å². The van der Waals surface area contributed by atoms with Crippen LogP contribution in [0.3, 0.4) is 0 Å². The Labute approximate surface area is 156 Å². The van der Waals surface area contributed by atoms with Crippen molar-refractivity contribution in [1.82, 2.24) is 5.32 Å². The predicted octanol–water partition coefficient (Wildman–Crippen LogP) is 4.73. The number of carbonyl (C=O) groups is 1. The van der Waals surface area contributed by atoms with E-state index in [1.807, 2.05) is 42.5 Å². The van der Waals surface area contributed by atoms with E-state index in [2.05, 4.69) is 5.32 Å². The summed E-state index contributed by atoms with van der Waals surface area (Å²) in [4.78, 5) is 12.2. The van der Waals surface area contributed by atoms with Gasteiger partial charge in [-0.25, -0.2) is 0 Å². The average Bonchev–Trinajstić information content (AvgIpc) is 2.58. The maximum Gasteiger partial charge on any atom is 0.253 e. The predicted molar refractivity (Wildman–Crippen MR) is 102 cm³/mol. The molecule has 0 aliphatic heterocycles. The monoisotopic (exact) mass is 383 g/mol. The van der Waals surface area contributed by atoms with Crippen molar-refractivity contribution < 1.29 is 9.53 Å². The van der Waals surface area contributed by atoms with Crippen LogP contribution in [0, 0.1) is 0 Å². The Morgan fingerprint density at radius 1 is 1.21 bits per heavy atom. The van der Waals surface area contributed by atoms with E-state index in [1.165, 1.54) is 7.11 Å². The topological polar surface area (TPSA) is 38.3 Å². The van der Waals surface area contributed by atoms with Crippen LogP contribution in [-0.4, -0.2) is 25.3 Å². The standard InChI is InChI=1S/C18H19Cl2NO2S/c1-23-17(13-5-3-2-4-6-13)18(22)21-9-10-24-12-14-7-8-15(19)11-16(14)20/h2-8,11,17H,9-10,12H2,1H3,(H,21,22)/t17-/m0/s1. The molecule has 0 fully saturated rings. The van der Waals surface area contributed by atoms with Gasteiger partial charge in [-0.1, -0.05) is 59.6 Å². The van der Waals surface area contributed by atoms with E-state index in [1.54, 1.807) is 17.8 Å². The first-order chi connectivity index (χ1) is 11.6. The van der Waals surface area contributed by atoms with Gasteiger partial charge in [-0.15, -0.1) is 0 Å². The second-order valence-corrected chi connectivity index (χ2v) is 7.05. The lowest BCUT2D eigenvalue weighted by Gasteiger charge is -2.15. The number of hydrogen-bond acceptors (Lipinski definition) is 3. The van der Waals surface area contributed by atoms with Crippen LogP contribution in [-0.2, 0) is 15.3 Å². The number of benzene rings is 2. The number of hydrogen-bond donors (Lipinski definition) is 1. The van der Waals surface area contributed by atoms with Crippen molar-refractivity contribution >= 4 is 40.9 Å². The summed E-state index contributed by atoms with van der Waals surface area (Å²) in [6.45, 7) is 0.571. The Bertz CT molecular complexity index is 667. The quantitative estimate of drug-likeness (QED) is 0.669. The Morgan fingerprint density at radius 3 is 2.62 bits per heavy atom. The Hall–Kier alpha value is -1.20. The van der Waals surface area contributed by atoms with Crippen molar-refractivity contribution in [1.29, 1.82) is 0 Å². The molecule has 1 amide bonds. The lowest BCUT2D eigenvalue weighted by molar-refractivity contribution is -0.131. The van der Waals surface area contributed by atoms with Gasteiger partial charge in [-0.2, -0.15) is 11.8 Å². The summed E-state index contributed by atoms with van der Waals surface area (Å²) in [6.07, 6.45) is -0.582. The second kappa shape index (κ2) is 9.94. The molecule has 128 valence electrons. The Morgan fingerprint density at radius 2 is 1.96 bits per heavy atom. The van der Waals surface area contributed by atoms with Crippen molar-refractivity contribution in [3.8, 4) is 0 Å². The summed E-state index contributed by atoms with van der Waals surface area (Å²) in [5, 5.41) is 4.20. The minimum Gasteiger partial charge on any atom is -0.367 e. The lowest BCUT2D eigenvalue weighted by Crippen LogP contribution is -2.32. The number of halogens is 2. The summed E-state index contributed by atoms with van der Waals surface area (Å²) in [5.41, 5.74) is 1.88. The Kier molecular flexibility index (Phi) is 7.92. The van der Waals surface area contributed by atoms with E-state index in [9.17, 15) is 4.79 Å². The average molecular weight is 384 g/mol. The molecule has 0 radical (unpaired) electrons. The highest BCUT2D eigenvalue weighted by atomic mass is 35.5. The molecule has 0 heterocycles. The van der Waals surface area contributed by atoms with E-state index in [0.29, 0.717) is 16.6 Å². The molecule has 0 saturated carbocycles. The summed E-state index contributed by atoms with van der Waals surface area (Å²) >= 11 is 13.7. The van der Waals surface area contributed by atoms with Crippen LogP contribution >= 0.6 is 35.0 Å². The number of methoxy groups -OCH3 is 1. The van der Waals surface area contributed by atoms with E-state index >= 15 is 0 Å². The maximum absolute atomic E-state index is 12.2. The Balaban J connectivity index is 1.74. The molecule has 2 aromatic rings. The van der Waals surface area contributed by atoms with Crippen molar-refractivity contribution in [3.05, 3.63) is 69.7 Å². The fraction of sp³-hybridized carbons (Fsp3) is 0.278. The summed E-state index contributed by atoms with van der Waals surface area (Å²) in [5.74, 6) is 1.43. The molecule has 0 aromatic heterocycles. The number of ether oxygens (including phenoxy) is 1. The number of thioether (sulfide) groups is 1. The van der Waals surface area contributed by atoms with Gasteiger partial charge in [0.1, 0.15) is 0 Å². The molecule has 0 saturated heterocycles. The van der Waals surface area contributed by atoms with Gasteiger partial charge in [-0.3, -0.25) is 4.79 Å². The van der Waals surface area contributed by atoms with Crippen LogP contribution in [0.4, 0.5) is 0 Å². The number of amides is 1. The van der Waals surface area contributed by atoms with Gasteiger partial charge in [0.25, 0.3) is 5.91 Å². The molecule has 0 aliphatic carbocycles. The first kappa shape index (κ1) is 19.1. The van der Waals surface area contributed by atoms with Crippen molar-refractivity contribution in [2.24, 2.45) is 0 Å². The molecular weight excluding hydrogens is 365 g/mol. The summed E-state index contributed by atoms with van der Waals surface area (Å²) < 4.78 is 5.30. The smallest absolute Gasteiger partial charge is 0.253 e. The van der Waals surface area contributed by atoms with Gasteiger partial charge in [0.2, 0.25) is 0 Å². The SMILES string of the molecule is CO[C@H](C(=O)NCCSCc1ccc(Cl)cc1Cl)c1ccccc1. The van der Waals surface area contributed by atoms with Gasteiger partial charge < -0.3 is 10.1 Å². The molecule has 0 aliphatic rings. The minimum absolute atomic E-state index is 0.131. The highest BCUT2D eigenvalue weighted by Gasteiger charge is 2.18. The first-order valence-corrected chi connectivity index (χ1v) is 9.40. The van der Waals surface area contributed by atoms with Crippen molar-refractivity contribution in [2.45, 2.75) is 11.9 Å². The zero-order chi connectivity index (χ0) is 17.4. The summed E-state index contributed by atoms with van der Waals surface area (Å²) in [7, 11) is 1.54. The molecule has 6 heteroatoms. The van der Waals surface area contributed by atoms with E-state index in [0.717, 1.165) is 22.6 Å². The van der Waals surface area contributed by atoms with Crippen LogP contribution in [0.25, 0.3) is 0 Å². The molecule has 3 nitrogen and oxygen atoms in total. The van der Waals surface area contributed by atoms with Crippen LogP contribution < -0.4 is 5.32 Å². The molecule has 0 spiro atoms. The number of rotatable bonds is 8. The van der Waals surface area contributed by atoms with Gasteiger partial charge in [0.15, 0.2) is 6.10 Å². The van der Waals surface area contributed by atoms with Gasteiger partial charge in [-0.05, 0) is 23.3 Å².